The predicted molar refractivity (Wildman–Crippen MR) is 82.3 cm³/mol. The standard InChI is InChI=1S/C13H15ClN4OS/c1-18-7-6-15-11(18)8-16-13(19)17-10-5-3-4-9(14)12(10)20-2/h3-7H,8H2,1-2H3,(H2,16,17,19). The Morgan fingerprint density at radius 2 is 2.30 bits per heavy atom. The zero-order valence-electron chi connectivity index (χ0n) is 11.2. The van der Waals surface area contributed by atoms with Crippen molar-refractivity contribution in [2.45, 2.75) is 11.4 Å². The summed E-state index contributed by atoms with van der Waals surface area (Å²) in [6, 6.07) is 5.13. The Balaban J connectivity index is 1.98. The Morgan fingerprint density at radius 3 is 2.95 bits per heavy atom. The van der Waals surface area contributed by atoms with Crippen LogP contribution >= 0.6 is 23.4 Å². The Labute approximate surface area is 126 Å². The van der Waals surface area contributed by atoms with E-state index in [0.717, 1.165) is 10.7 Å². The van der Waals surface area contributed by atoms with E-state index < -0.39 is 0 Å². The van der Waals surface area contributed by atoms with Crippen LogP contribution in [0.3, 0.4) is 0 Å². The van der Waals surface area contributed by atoms with Gasteiger partial charge in [0.1, 0.15) is 5.82 Å². The lowest BCUT2D eigenvalue weighted by molar-refractivity contribution is 0.251. The van der Waals surface area contributed by atoms with Crippen LogP contribution in [0, 0.1) is 0 Å². The first-order valence-electron chi connectivity index (χ1n) is 5.95. The number of halogens is 1. The van der Waals surface area contributed by atoms with E-state index in [1.54, 1.807) is 18.3 Å². The molecule has 0 bridgehead atoms. The molecule has 2 rings (SSSR count). The van der Waals surface area contributed by atoms with Crippen molar-refractivity contribution in [1.82, 2.24) is 14.9 Å². The molecule has 0 saturated heterocycles. The molecule has 20 heavy (non-hydrogen) atoms. The highest BCUT2D eigenvalue weighted by Gasteiger charge is 2.09. The maximum atomic E-state index is 11.9. The summed E-state index contributed by atoms with van der Waals surface area (Å²) in [4.78, 5) is 16.9. The van der Waals surface area contributed by atoms with Crippen molar-refractivity contribution in [3.8, 4) is 0 Å². The van der Waals surface area contributed by atoms with E-state index in [2.05, 4.69) is 15.6 Å². The Hall–Kier alpha value is -1.66. The van der Waals surface area contributed by atoms with Crippen LogP contribution in [-0.4, -0.2) is 21.8 Å². The van der Waals surface area contributed by atoms with Crippen molar-refractivity contribution in [1.29, 1.82) is 0 Å². The summed E-state index contributed by atoms with van der Waals surface area (Å²) in [7, 11) is 1.88. The molecule has 0 fully saturated rings. The highest BCUT2D eigenvalue weighted by atomic mass is 35.5. The smallest absolute Gasteiger partial charge is 0.319 e. The van der Waals surface area contributed by atoms with Gasteiger partial charge in [0.15, 0.2) is 0 Å². The number of thioether (sulfide) groups is 1. The molecule has 0 atom stereocenters. The van der Waals surface area contributed by atoms with Gasteiger partial charge in [-0.05, 0) is 18.4 Å². The fourth-order valence-electron chi connectivity index (χ4n) is 1.71. The summed E-state index contributed by atoms with van der Waals surface area (Å²) in [6.07, 6.45) is 5.44. The van der Waals surface area contributed by atoms with E-state index in [9.17, 15) is 4.79 Å². The number of amides is 2. The van der Waals surface area contributed by atoms with Gasteiger partial charge in [0, 0.05) is 24.3 Å². The number of imidazole rings is 1. The van der Waals surface area contributed by atoms with Gasteiger partial charge in [0.25, 0.3) is 0 Å². The van der Waals surface area contributed by atoms with Gasteiger partial charge in [-0.2, -0.15) is 0 Å². The average Bonchev–Trinajstić information content (AvgIpc) is 2.82. The molecule has 0 radical (unpaired) electrons. The van der Waals surface area contributed by atoms with Gasteiger partial charge in [-0.15, -0.1) is 11.8 Å². The quantitative estimate of drug-likeness (QED) is 0.853. The number of rotatable bonds is 4. The Morgan fingerprint density at radius 1 is 1.50 bits per heavy atom. The number of nitrogens with zero attached hydrogens (tertiary/aromatic N) is 2. The second-order valence-electron chi connectivity index (χ2n) is 4.08. The van der Waals surface area contributed by atoms with Crippen molar-refractivity contribution in [3.05, 3.63) is 41.4 Å². The number of aryl methyl sites for hydroxylation is 1. The third-order valence-corrected chi connectivity index (χ3v) is 4.02. The van der Waals surface area contributed by atoms with Gasteiger partial charge in [0.2, 0.25) is 0 Å². The summed E-state index contributed by atoms with van der Waals surface area (Å²) in [5.74, 6) is 0.788. The van der Waals surface area contributed by atoms with Crippen LogP contribution in [0.4, 0.5) is 10.5 Å². The zero-order valence-corrected chi connectivity index (χ0v) is 12.8. The monoisotopic (exact) mass is 310 g/mol. The first-order chi connectivity index (χ1) is 9.61. The second kappa shape index (κ2) is 6.67. The molecule has 2 amide bonds. The molecule has 0 aliphatic heterocycles. The third kappa shape index (κ3) is 3.46. The van der Waals surface area contributed by atoms with E-state index >= 15 is 0 Å². The SMILES string of the molecule is CSc1c(Cl)cccc1NC(=O)NCc1nccn1C. The maximum Gasteiger partial charge on any atom is 0.319 e. The lowest BCUT2D eigenvalue weighted by Crippen LogP contribution is -2.29. The number of benzene rings is 1. The van der Waals surface area contributed by atoms with Gasteiger partial charge in [-0.1, -0.05) is 17.7 Å². The molecule has 0 aliphatic carbocycles. The number of urea groups is 1. The minimum atomic E-state index is -0.287. The van der Waals surface area contributed by atoms with Crippen LogP contribution in [0.15, 0.2) is 35.5 Å². The lowest BCUT2D eigenvalue weighted by Gasteiger charge is -2.11. The first kappa shape index (κ1) is 14.7. The van der Waals surface area contributed by atoms with Crippen LogP contribution in [0.2, 0.25) is 5.02 Å². The van der Waals surface area contributed by atoms with E-state index in [1.807, 2.05) is 30.1 Å². The summed E-state index contributed by atoms with van der Waals surface area (Å²) in [5, 5.41) is 6.18. The van der Waals surface area contributed by atoms with E-state index in [0.29, 0.717) is 17.3 Å². The van der Waals surface area contributed by atoms with Crippen molar-refractivity contribution in [2.24, 2.45) is 7.05 Å². The lowest BCUT2D eigenvalue weighted by atomic mass is 10.3. The summed E-state index contributed by atoms with van der Waals surface area (Å²) >= 11 is 7.58. The van der Waals surface area contributed by atoms with Gasteiger partial charge in [0.05, 0.1) is 17.3 Å². The molecular weight excluding hydrogens is 296 g/mol. The van der Waals surface area contributed by atoms with Crippen molar-refractivity contribution in [3.63, 3.8) is 0 Å². The van der Waals surface area contributed by atoms with Gasteiger partial charge < -0.3 is 15.2 Å². The zero-order chi connectivity index (χ0) is 14.5. The number of nitrogens with one attached hydrogen (secondary N) is 2. The van der Waals surface area contributed by atoms with E-state index in [-0.39, 0.29) is 6.03 Å². The normalized spacial score (nSPS) is 10.3. The average molecular weight is 311 g/mol. The molecule has 2 aromatic rings. The number of hydrogen-bond donors (Lipinski definition) is 2. The molecule has 0 aliphatic rings. The molecule has 1 heterocycles. The molecule has 0 saturated carbocycles. The number of anilines is 1. The Kier molecular flexibility index (Phi) is 4.92. The van der Waals surface area contributed by atoms with Crippen LogP contribution in [0.5, 0.6) is 0 Å². The highest BCUT2D eigenvalue weighted by molar-refractivity contribution is 7.98. The van der Waals surface area contributed by atoms with Crippen LogP contribution < -0.4 is 10.6 Å². The van der Waals surface area contributed by atoms with Crippen molar-refractivity contribution < 1.29 is 4.79 Å². The van der Waals surface area contributed by atoms with Gasteiger partial charge in [-0.3, -0.25) is 0 Å². The van der Waals surface area contributed by atoms with E-state index in [1.165, 1.54) is 11.8 Å². The second-order valence-corrected chi connectivity index (χ2v) is 5.31. The Bertz CT molecular complexity index is 614. The molecule has 106 valence electrons. The van der Waals surface area contributed by atoms with Gasteiger partial charge >= 0.3 is 6.03 Å². The number of aromatic nitrogens is 2. The fraction of sp³-hybridized carbons (Fsp3) is 0.231. The van der Waals surface area contributed by atoms with Crippen LogP contribution in [0.25, 0.3) is 0 Å². The molecule has 5 nitrogen and oxygen atoms in total. The fourth-order valence-corrected chi connectivity index (χ4v) is 2.72. The molecule has 1 aromatic carbocycles. The molecule has 1 aromatic heterocycles. The molecule has 7 heteroatoms. The topological polar surface area (TPSA) is 59.0 Å². The first-order valence-corrected chi connectivity index (χ1v) is 7.55. The predicted octanol–water partition coefficient (Wildman–Crippen LogP) is 3.12. The summed E-state index contributed by atoms with van der Waals surface area (Å²) in [6.45, 7) is 0.366. The van der Waals surface area contributed by atoms with Crippen LogP contribution in [0.1, 0.15) is 5.82 Å². The number of carbonyl (C=O) groups excluding carboxylic acids is 1. The van der Waals surface area contributed by atoms with E-state index in [4.69, 9.17) is 11.6 Å². The highest BCUT2D eigenvalue weighted by Crippen LogP contribution is 2.32. The van der Waals surface area contributed by atoms with Crippen molar-refractivity contribution in [2.75, 3.05) is 11.6 Å². The minimum absolute atomic E-state index is 0.287. The minimum Gasteiger partial charge on any atom is -0.337 e. The molecule has 2 N–H and O–H groups in total. The largest absolute Gasteiger partial charge is 0.337 e. The number of hydrogen-bond acceptors (Lipinski definition) is 3. The van der Waals surface area contributed by atoms with Crippen LogP contribution in [-0.2, 0) is 13.6 Å². The summed E-state index contributed by atoms with van der Waals surface area (Å²) < 4.78 is 1.85. The molecular formula is C13H15ClN4OS. The maximum absolute atomic E-state index is 11.9. The van der Waals surface area contributed by atoms with Crippen molar-refractivity contribution >= 4 is 35.1 Å². The molecule has 0 unspecified atom stereocenters. The summed E-state index contributed by atoms with van der Waals surface area (Å²) in [5.41, 5.74) is 0.697. The third-order valence-electron chi connectivity index (χ3n) is 2.75. The molecule has 0 spiro atoms. The van der Waals surface area contributed by atoms with Gasteiger partial charge in [-0.25, -0.2) is 9.78 Å². The number of carbonyl (C=O) groups is 1.